The molecule has 1 amide bonds. The second-order valence-electron chi connectivity index (χ2n) is 5.93. The lowest BCUT2D eigenvalue weighted by Gasteiger charge is -2.27. The number of benzene rings is 1. The van der Waals surface area contributed by atoms with Gasteiger partial charge in [-0.25, -0.2) is 0 Å². The van der Waals surface area contributed by atoms with Crippen LogP contribution in [0.5, 0.6) is 0 Å². The number of piperidine rings is 1. The van der Waals surface area contributed by atoms with Crippen LogP contribution < -0.4 is 0 Å². The first kappa shape index (κ1) is 15.3. The second kappa shape index (κ2) is 6.69. The molecular weight excluding hydrogens is 320 g/mol. The summed E-state index contributed by atoms with van der Waals surface area (Å²) in [6.07, 6.45) is 5.40. The molecule has 0 bridgehead atoms. The van der Waals surface area contributed by atoms with Crippen molar-refractivity contribution in [2.45, 2.75) is 19.3 Å². The predicted octanol–water partition coefficient (Wildman–Crippen LogP) is 4.40. The van der Waals surface area contributed by atoms with Gasteiger partial charge in [0.1, 0.15) is 11.5 Å². The number of rotatable bonds is 2. The number of thioether (sulfide) groups is 1. The van der Waals surface area contributed by atoms with Gasteiger partial charge in [0, 0.05) is 24.7 Å². The Kier molecular flexibility index (Phi) is 4.26. The topological polar surface area (TPSA) is 45.8 Å². The molecule has 1 saturated heterocycles. The molecule has 1 fully saturated rings. The van der Waals surface area contributed by atoms with Gasteiger partial charge in [0.2, 0.25) is 0 Å². The Bertz CT molecular complexity index is 802. The number of hydrogen-bond donors (Lipinski definition) is 0. The van der Waals surface area contributed by atoms with Gasteiger partial charge in [0.25, 0.3) is 5.91 Å². The van der Waals surface area contributed by atoms with Crippen LogP contribution in [0.15, 0.2) is 56.8 Å². The Hall–Kier alpha value is -2.27. The van der Waals surface area contributed by atoms with Crippen molar-refractivity contribution in [1.82, 2.24) is 4.90 Å². The van der Waals surface area contributed by atoms with Crippen molar-refractivity contribution in [2.75, 3.05) is 13.1 Å². The van der Waals surface area contributed by atoms with Gasteiger partial charge in [-0.05, 0) is 43.2 Å². The molecule has 1 aromatic carbocycles. The van der Waals surface area contributed by atoms with Crippen molar-refractivity contribution in [2.24, 2.45) is 4.99 Å². The number of aliphatic imine (C=N–C) groups is 1. The monoisotopic (exact) mass is 338 g/mol. The molecule has 3 heterocycles. The van der Waals surface area contributed by atoms with Crippen molar-refractivity contribution in [3.63, 3.8) is 0 Å². The minimum Gasteiger partial charge on any atom is -0.457 e. The van der Waals surface area contributed by atoms with Crippen molar-refractivity contribution in [3.05, 3.63) is 53.1 Å². The van der Waals surface area contributed by atoms with Crippen molar-refractivity contribution in [1.29, 1.82) is 0 Å². The smallest absolute Gasteiger partial charge is 0.286 e. The van der Waals surface area contributed by atoms with Crippen LogP contribution in [0.2, 0.25) is 0 Å². The molecule has 2 aliphatic rings. The molecule has 2 aromatic rings. The molecule has 4 rings (SSSR count). The van der Waals surface area contributed by atoms with Crippen molar-refractivity contribution < 1.29 is 9.21 Å². The van der Waals surface area contributed by atoms with E-state index in [4.69, 9.17) is 4.42 Å². The van der Waals surface area contributed by atoms with Gasteiger partial charge in [-0.3, -0.25) is 4.79 Å². The van der Waals surface area contributed by atoms with E-state index in [2.05, 4.69) is 9.89 Å². The van der Waals surface area contributed by atoms with Gasteiger partial charge in [-0.15, -0.1) is 0 Å². The average molecular weight is 338 g/mol. The van der Waals surface area contributed by atoms with Crippen LogP contribution in [0, 0.1) is 0 Å². The first-order chi connectivity index (χ1) is 11.8. The van der Waals surface area contributed by atoms with Crippen LogP contribution in [0.3, 0.4) is 0 Å². The van der Waals surface area contributed by atoms with E-state index in [0.29, 0.717) is 10.7 Å². The summed E-state index contributed by atoms with van der Waals surface area (Å²) in [5.41, 5.74) is 1.03. The fraction of sp³-hybridized carbons (Fsp3) is 0.263. The molecule has 2 aliphatic heterocycles. The number of amides is 1. The molecule has 0 atom stereocenters. The van der Waals surface area contributed by atoms with E-state index in [0.717, 1.165) is 29.6 Å². The molecule has 0 N–H and O–H groups in total. The first-order valence-electron chi connectivity index (χ1n) is 8.22. The van der Waals surface area contributed by atoms with Gasteiger partial charge in [-0.1, -0.05) is 30.3 Å². The van der Waals surface area contributed by atoms with E-state index < -0.39 is 0 Å². The summed E-state index contributed by atoms with van der Waals surface area (Å²) in [4.78, 5) is 19.2. The van der Waals surface area contributed by atoms with E-state index in [9.17, 15) is 4.79 Å². The molecule has 0 unspecified atom stereocenters. The average Bonchev–Trinajstić information content (AvgIpc) is 3.24. The lowest BCUT2D eigenvalue weighted by Crippen LogP contribution is -2.33. The van der Waals surface area contributed by atoms with Gasteiger partial charge >= 0.3 is 0 Å². The lowest BCUT2D eigenvalue weighted by molar-refractivity contribution is -0.113. The van der Waals surface area contributed by atoms with Gasteiger partial charge in [0.05, 0.1) is 4.91 Å². The van der Waals surface area contributed by atoms with Crippen LogP contribution in [-0.2, 0) is 4.79 Å². The number of nitrogens with zero attached hydrogens (tertiary/aromatic N) is 2. The largest absolute Gasteiger partial charge is 0.457 e. The third-order valence-corrected chi connectivity index (χ3v) is 5.24. The van der Waals surface area contributed by atoms with E-state index in [1.54, 1.807) is 6.08 Å². The minimum absolute atomic E-state index is 0.168. The van der Waals surface area contributed by atoms with Gasteiger partial charge in [-0.2, -0.15) is 4.99 Å². The molecule has 24 heavy (non-hydrogen) atoms. The zero-order valence-electron chi connectivity index (χ0n) is 13.3. The van der Waals surface area contributed by atoms with Crippen LogP contribution in [0.4, 0.5) is 0 Å². The lowest BCUT2D eigenvalue weighted by atomic mass is 10.1. The Morgan fingerprint density at radius 2 is 1.83 bits per heavy atom. The number of hydrogen-bond acceptors (Lipinski definition) is 4. The quantitative estimate of drug-likeness (QED) is 0.761. The number of carbonyl (C=O) groups is 1. The SMILES string of the molecule is O=C1N=C(N2CCCCC2)S/C1=C/c1ccc(-c2ccccc2)o1. The van der Waals surface area contributed by atoms with E-state index >= 15 is 0 Å². The standard InChI is InChI=1S/C19H18N2O2S/c22-18-17(24-19(20-18)21-11-5-2-6-12-21)13-15-9-10-16(23-15)14-7-3-1-4-8-14/h1,3-4,7-10,13H,2,5-6,11-12H2/b17-13+. The first-order valence-corrected chi connectivity index (χ1v) is 9.04. The highest BCUT2D eigenvalue weighted by atomic mass is 32.2. The Labute approximate surface area is 145 Å². The van der Waals surface area contributed by atoms with Crippen LogP contribution in [0.1, 0.15) is 25.0 Å². The molecule has 5 heteroatoms. The summed E-state index contributed by atoms with van der Waals surface area (Å²) < 4.78 is 5.85. The van der Waals surface area contributed by atoms with E-state index in [1.807, 2.05) is 42.5 Å². The highest BCUT2D eigenvalue weighted by molar-refractivity contribution is 8.18. The highest BCUT2D eigenvalue weighted by Gasteiger charge is 2.27. The summed E-state index contributed by atoms with van der Waals surface area (Å²) >= 11 is 1.45. The van der Waals surface area contributed by atoms with Gasteiger partial charge < -0.3 is 9.32 Å². The number of carbonyl (C=O) groups excluding carboxylic acids is 1. The normalized spacial score (nSPS) is 19.8. The third-order valence-electron chi connectivity index (χ3n) is 4.19. The molecule has 4 nitrogen and oxygen atoms in total. The number of amidine groups is 1. The highest BCUT2D eigenvalue weighted by Crippen LogP contribution is 2.32. The number of likely N-dealkylation sites (tertiary alicyclic amines) is 1. The van der Waals surface area contributed by atoms with Crippen LogP contribution in [-0.4, -0.2) is 29.1 Å². The molecule has 122 valence electrons. The fourth-order valence-corrected chi connectivity index (χ4v) is 3.88. The second-order valence-corrected chi connectivity index (χ2v) is 6.94. The summed E-state index contributed by atoms with van der Waals surface area (Å²) in [5.74, 6) is 1.31. The molecule has 0 spiro atoms. The summed E-state index contributed by atoms with van der Waals surface area (Å²) in [5, 5.41) is 0.834. The maximum atomic E-state index is 12.2. The Balaban J connectivity index is 1.50. The van der Waals surface area contributed by atoms with E-state index in [1.165, 1.54) is 31.0 Å². The van der Waals surface area contributed by atoms with Crippen molar-refractivity contribution >= 4 is 28.9 Å². The number of furan rings is 1. The molecule has 0 radical (unpaired) electrons. The maximum Gasteiger partial charge on any atom is 0.286 e. The van der Waals surface area contributed by atoms with Crippen molar-refractivity contribution in [3.8, 4) is 11.3 Å². The molecular formula is C19H18N2O2S. The molecule has 0 aliphatic carbocycles. The predicted molar refractivity (Wildman–Crippen MR) is 97.6 cm³/mol. The molecule has 1 aromatic heterocycles. The zero-order valence-corrected chi connectivity index (χ0v) is 14.1. The third kappa shape index (κ3) is 3.17. The van der Waals surface area contributed by atoms with Gasteiger partial charge in [0.15, 0.2) is 5.17 Å². The fourth-order valence-electron chi connectivity index (χ4n) is 2.94. The maximum absolute atomic E-state index is 12.2. The van der Waals surface area contributed by atoms with E-state index in [-0.39, 0.29) is 5.91 Å². The zero-order chi connectivity index (χ0) is 16.4. The summed E-state index contributed by atoms with van der Waals surface area (Å²) in [7, 11) is 0. The Morgan fingerprint density at radius 1 is 1.04 bits per heavy atom. The van der Waals surface area contributed by atoms with Crippen LogP contribution >= 0.6 is 11.8 Å². The van der Waals surface area contributed by atoms with Crippen LogP contribution in [0.25, 0.3) is 17.4 Å². The molecule has 0 saturated carbocycles. The Morgan fingerprint density at radius 3 is 2.62 bits per heavy atom. The minimum atomic E-state index is -0.168. The summed E-state index contributed by atoms with van der Waals surface area (Å²) in [6.45, 7) is 1.98. The summed E-state index contributed by atoms with van der Waals surface area (Å²) in [6, 6.07) is 13.8.